The number of benzene rings is 1. The average molecular weight is 637 g/mol. The van der Waals surface area contributed by atoms with Crippen molar-refractivity contribution in [2.45, 2.75) is 120 Å². The van der Waals surface area contributed by atoms with Crippen molar-refractivity contribution in [3.8, 4) is 0 Å². The Balaban J connectivity index is 1.54. The first-order chi connectivity index (χ1) is 21.0. The van der Waals surface area contributed by atoms with Gasteiger partial charge in [0.15, 0.2) is 0 Å². The van der Waals surface area contributed by atoms with E-state index in [1.165, 1.54) is 23.6 Å². The number of rotatable bonds is 13. The van der Waals surface area contributed by atoms with Crippen molar-refractivity contribution in [2.75, 3.05) is 39.3 Å². The maximum Gasteiger partial charge on any atom is 0.243 e. The molecule has 5 unspecified atom stereocenters. The summed E-state index contributed by atoms with van der Waals surface area (Å²) in [5.74, 6) is -0.898. The number of carbonyl (C=O) groups excluding carboxylic acids is 1. The highest BCUT2D eigenvalue weighted by Gasteiger charge is 2.41. The summed E-state index contributed by atoms with van der Waals surface area (Å²) in [6.45, 7) is 10.4. The highest BCUT2D eigenvalue weighted by Crippen LogP contribution is 2.37. The summed E-state index contributed by atoms with van der Waals surface area (Å²) in [5, 5.41) is 6.67. The highest BCUT2D eigenvalue weighted by atomic mass is 32.2. The number of sulfonamides is 1. The monoisotopic (exact) mass is 636 g/mol. The quantitative estimate of drug-likeness (QED) is 0.192. The van der Waals surface area contributed by atoms with Gasteiger partial charge >= 0.3 is 0 Å². The van der Waals surface area contributed by atoms with Crippen molar-refractivity contribution >= 4 is 15.9 Å². The van der Waals surface area contributed by atoms with E-state index in [1.807, 2.05) is 12.1 Å². The van der Waals surface area contributed by atoms with Crippen LogP contribution in [0.15, 0.2) is 29.2 Å². The van der Waals surface area contributed by atoms with Crippen molar-refractivity contribution in [2.24, 2.45) is 22.8 Å². The topological polar surface area (TPSA) is 134 Å². The molecule has 1 aromatic carbocycles. The highest BCUT2D eigenvalue weighted by molar-refractivity contribution is 7.89. The zero-order valence-corrected chi connectivity index (χ0v) is 28.0. The van der Waals surface area contributed by atoms with Gasteiger partial charge in [0.05, 0.1) is 17.0 Å². The Bertz CT molecular complexity index is 1160. The molecule has 3 heterocycles. The lowest BCUT2D eigenvalue weighted by atomic mass is 9.73. The van der Waals surface area contributed by atoms with Gasteiger partial charge in [0, 0.05) is 44.2 Å². The molecular formula is C33H57FN6O3S. The molecule has 44 heavy (non-hydrogen) atoms. The number of hydrogen-bond donors (Lipinski definition) is 4. The number of amides is 1. The van der Waals surface area contributed by atoms with E-state index in [2.05, 4.69) is 36.3 Å². The van der Waals surface area contributed by atoms with Gasteiger partial charge in [-0.3, -0.25) is 4.79 Å². The van der Waals surface area contributed by atoms with Crippen LogP contribution in [0.4, 0.5) is 4.39 Å². The van der Waals surface area contributed by atoms with E-state index in [0.29, 0.717) is 37.4 Å². The zero-order valence-electron chi connectivity index (χ0n) is 27.1. The molecule has 0 radical (unpaired) electrons. The van der Waals surface area contributed by atoms with E-state index >= 15 is 0 Å². The molecule has 0 aromatic heterocycles. The molecule has 1 amide bonds. The molecule has 3 saturated heterocycles. The van der Waals surface area contributed by atoms with Crippen LogP contribution in [0, 0.1) is 11.3 Å². The number of unbranched alkanes of at least 4 members (excludes halogenated alkanes) is 3. The van der Waals surface area contributed by atoms with Crippen LogP contribution in [-0.2, 0) is 14.8 Å². The van der Waals surface area contributed by atoms with Gasteiger partial charge in [0.2, 0.25) is 15.9 Å². The maximum absolute atomic E-state index is 14.6. The van der Waals surface area contributed by atoms with Gasteiger partial charge in [-0.25, -0.2) is 12.8 Å². The lowest BCUT2D eigenvalue weighted by Crippen LogP contribution is -2.61. The first-order valence-corrected chi connectivity index (χ1v) is 18.4. The molecule has 250 valence electrons. The number of likely N-dealkylation sites (tertiary alicyclic amines) is 1. The summed E-state index contributed by atoms with van der Waals surface area (Å²) in [6, 6.07) is 6.69. The summed E-state index contributed by atoms with van der Waals surface area (Å²) in [7, 11) is -3.47. The minimum absolute atomic E-state index is 0.0164. The van der Waals surface area contributed by atoms with Crippen LogP contribution in [0.3, 0.4) is 0 Å². The maximum atomic E-state index is 14.6. The molecule has 0 bridgehead atoms. The molecule has 3 fully saturated rings. The Morgan fingerprint density at radius 1 is 1.11 bits per heavy atom. The number of halogens is 1. The molecule has 0 aliphatic carbocycles. The smallest absolute Gasteiger partial charge is 0.243 e. The third kappa shape index (κ3) is 8.79. The minimum atomic E-state index is -3.47. The van der Waals surface area contributed by atoms with Gasteiger partial charge in [-0.2, -0.15) is 4.31 Å². The van der Waals surface area contributed by atoms with Crippen LogP contribution in [0.5, 0.6) is 0 Å². The lowest BCUT2D eigenvalue weighted by Gasteiger charge is -2.42. The van der Waals surface area contributed by atoms with Crippen LogP contribution in [0.2, 0.25) is 0 Å². The third-order valence-electron chi connectivity index (χ3n) is 10.5. The number of nitrogens with one attached hydrogen (secondary N) is 2. The van der Waals surface area contributed by atoms with E-state index in [0.717, 1.165) is 50.8 Å². The predicted molar refractivity (Wildman–Crippen MR) is 174 cm³/mol. The van der Waals surface area contributed by atoms with Gasteiger partial charge in [0.1, 0.15) is 6.17 Å². The van der Waals surface area contributed by atoms with Crippen LogP contribution in [-0.4, -0.2) is 87.2 Å². The first-order valence-electron chi connectivity index (χ1n) is 17.0. The fraction of sp³-hybridized carbons (Fsp3) is 0.788. The Morgan fingerprint density at radius 3 is 2.45 bits per heavy atom. The number of carbonyl (C=O) groups is 1. The molecule has 9 nitrogen and oxygen atoms in total. The zero-order chi connectivity index (χ0) is 31.9. The molecule has 6 atom stereocenters. The van der Waals surface area contributed by atoms with E-state index < -0.39 is 28.3 Å². The first kappa shape index (κ1) is 35.2. The summed E-state index contributed by atoms with van der Waals surface area (Å²) < 4.78 is 42.0. The molecule has 4 rings (SSSR count). The van der Waals surface area contributed by atoms with E-state index in [4.69, 9.17) is 11.5 Å². The number of hydrogen-bond acceptors (Lipinski definition) is 7. The molecule has 1 aromatic rings. The molecule has 0 saturated carbocycles. The van der Waals surface area contributed by atoms with Crippen molar-refractivity contribution < 1.29 is 17.6 Å². The summed E-state index contributed by atoms with van der Waals surface area (Å²) >= 11 is 0. The summed E-state index contributed by atoms with van der Waals surface area (Å²) in [6.07, 6.45) is 7.41. The van der Waals surface area contributed by atoms with E-state index in [-0.39, 0.29) is 35.9 Å². The molecule has 3 aliphatic heterocycles. The number of nitrogens with two attached hydrogens (primary N) is 2. The number of alkyl halides is 1. The Morgan fingerprint density at radius 2 is 1.84 bits per heavy atom. The second kappa shape index (κ2) is 15.8. The van der Waals surface area contributed by atoms with Crippen LogP contribution < -0.4 is 22.1 Å². The van der Waals surface area contributed by atoms with Crippen LogP contribution >= 0.6 is 0 Å². The van der Waals surface area contributed by atoms with Crippen LogP contribution in [0.25, 0.3) is 0 Å². The predicted octanol–water partition coefficient (Wildman–Crippen LogP) is 3.69. The van der Waals surface area contributed by atoms with E-state index in [1.54, 1.807) is 12.1 Å². The van der Waals surface area contributed by atoms with Gasteiger partial charge in [-0.1, -0.05) is 58.6 Å². The van der Waals surface area contributed by atoms with E-state index in [9.17, 15) is 17.6 Å². The Labute approximate surface area is 265 Å². The second-order valence-electron chi connectivity index (χ2n) is 13.8. The average Bonchev–Trinajstić information content (AvgIpc) is 2.95. The second-order valence-corrected chi connectivity index (χ2v) is 15.8. The Kier molecular flexibility index (Phi) is 12.6. The Hall–Kier alpha value is -1.63. The van der Waals surface area contributed by atoms with Crippen molar-refractivity contribution in [3.63, 3.8) is 0 Å². The molecule has 11 heteroatoms. The largest absolute Gasteiger partial charge is 0.351 e. The van der Waals surface area contributed by atoms with Crippen molar-refractivity contribution in [1.29, 1.82) is 0 Å². The van der Waals surface area contributed by atoms with Gasteiger partial charge < -0.3 is 27.0 Å². The van der Waals surface area contributed by atoms with Crippen molar-refractivity contribution in [3.05, 3.63) is 29.8 Å². The van der Waals surface area contributed by atoms with Crippen molar-refractivity contribution in [1.82, 2.24) is 19.8 Å². The summed E-state index contributed by atoms with van der Waals surface area (Å²) in [5.41, 5.74) is 13.5. The normalized spacial score (nSPS) is 29.9. The standard InChI is InChI=1S/C33H57FN6O3S/c1-4-6-7-8-17-39-20-15-27(24-10-12-26(13-11-24)44(42,43)40-18-9-19-40)29(23-39)38-32(41)30(31(35)36)28-21-33(3,5-2)16-14-25(34)22-37-28/h10-13,25,27-31,37H,4-9,14-23,35-36H2,1-3H3,(H,38,41)/t25?,27?,28?,29?,30?,33-/m0/s1. The lowest BCUT2D eigenvalue weighted by molar-refractivity contribution is -0.128. The van der Waals surface area contributed by atoms with Crippen LogP contribution in [0.1, 0.15) is 96.5 Å². The fourth-order valence-electron chi connectivity index (χ4n) is 7.16. The SMILES string of the molecule is CCCCCCN1CCC(c2ccc(S(=O)(=O)N3CCC3)cc2)C(NC(=O)C(C(N)N)C2C[C@@](C)(CC)CCC(F)CN2)C1. The number of piperidine rings is 1. The van der Waals surface area contributed by atoms with Gasteiger partial charge in [-0.15, -0.1) is 0 Å². The molecule has 0 spiro atoms. The fourth-order valence-corrected chi connectivity index (χ4v) is 8.68. The van der Waals surface area contributed by atoms with Gasteiger partial charge in [0.25, 0.3) is 0 Å². The molecule has 3 aliphatic rings. The summed E-state index contributed by atoms with van der Waals surface area (Å²) in [4.78, 5) is 16.8. The minimum Gasteiger partial charge on any atom is -0.351 e. The number of nitrogens with zero attached hydrogens (tertiary/aromatic N) is 2. The molecule has 6 N–H and O–H groups in total. The molecular weight excluding hydrogens is 579 g/mol. The third-order valence-corrected chi connectivity index (χ3v) is 12.4. The van der Waals surface area contributed by atoms with Gasteiger partial charge in [-0.05, 0) is 74.7 Å².